The largest absolute Gasteiger partial charge is 0.459 e. The molecule has 7 nitrogen and oxygen atoms in total. The van der Waals surface area contributed by atoms with Gasteiger partial charge < -0.3 is 23.8 Å². The van der Waals surface area contributed by atoms with Crippen LogP contribution in [0.3, 0.4) is 0 Å². The zero-order valence-corrected chi connectivity index (χ0v) is 15.9. The zero-order chi connectivity index (χ0) is 19.0. The van der Waals surface area contributed by atoms with Gasteiger partial charge in [-0.25, -0.2) is 9.59 Å². The molecule has 1 rings (SSSR count). The fourth-order valence-electron chi connectivity index (χ4n) is 2.38. The first-order valence-electron chi connectivity index (χ1n) is 9.31. The molecule has 1 fully saturated rings. The van der Waals surface area contributed by atoms with Gasteiger partial charge in [-0.05, 0) is 51.5 Å². The maximum atomic E-state index is 12.2. The fraction of sp³-hybridized carbons (Fsp3) is 0.684. The molecular formula is C19H31NO6. The maximum Gasteiger partial charge on any atom is 0.345 e. The van der Waals surface area contributed by atoms with Crippen LogP contribution in [0.4, 0.5) is 0 Å². The van der Waals surface area contributed by atoms with Crippen LogP contribution in [0.15, 0.2) is 23.9 Å². The lowest BCUT2D eigenvalue weighted by molar-refractivity contribution is -0.148. The van der Waals surface area contributed by atoms with Gasteiger partial charge in [0, 0.05) is 26.3 Å². The average molecular weight is 369 g/mol. The first-order valence-corrected chi connectivity index (χ1v) is 9.31. The summed E-state index contributed by atoms with van der Waals surface area (Å²) in [6.45, 7) is 7.52. The van der Waals surface area contributed by atoms with Gasteiger partial charge in [-0.2, -0.15) is 0 Å². The van der Waals surface area contributed by atoms with Crippen molar-refractivity contribution >= 4 is 11.9 Å². The summed E-state index contributed by atoms with van der Waals surface area (Å²) in [7, 11) is 0. The van der Waals surface area contributed by atoms with Gasteiger partial charge in [0.1, 0.15) is 18.8 Å². The Bertz CT molecular complexity index is 443. The number of esters is 2. The average Bonchev–Trinajstić information content (AvgIpc) is 2.66. The highest BCUT2D eigenvalue weighted by Gasteiger charge is 2.21. The van der Waals surface area contributed by atoms with E-state index in [0.717, 1.165) is 25.9 Å². The number of ether oxygens (including phenoxy) is 4. The SMILES string of the molecule is CCOCCOC(=O)C(=C/C=C/N1CCCCC1)C(=O)OCCOCC. The number of hydrogen-bond donors (Lipinski definition) is 0. The Hall–Kier alpha value is -1.86. The van der Waals surface area contributed by atoms with E-state index in [9.17, 15) is 9.59 Å². The van der Waals surface area contributed by atoms with Crippen molar-refractivity contribution in [2.45, 2.75) is 33.1 Å². The molecule has 7 heteroatoms. The topological polar surface area (TPSA) is 74.3 Å². The lowest BCUT2D eigenvalue weighted by Gasteiger charge is -2.24. The van der Waals surface area contributed by atoms with Crippen LogP contribution in [0, 0.1) is 0 Å². The molecule has 1 heterocycles. The van der Waals surface area contributed by atoms with Crippen LogP contribution in [0.5, 0.6) is 0 Å². The smallest absolute Gasteiger partial charge is 0.345 e. The first kappa shape index (κ1) is 22.2. The number of carbonyl (C=O) groups excluding carboxylic acids is 2. The van der Waals surface area contributed by atoms with Gasteiger partial charge in [0.05, 0.1) is 13.2 Å². The highest BCUT2D eigenvalue weighted by atomic mass is 16.6. The summed E-state index contributed by atoms with van der Waals surface area (Å²) < 4.78 is 20.4. The van der Waals surface area contributed by atoms with Crippen LogP contribution in [0.2, 0.25) is 0 Å². The van der Waals surface area contributed by atoms with E-state index in [-0.39, 0.29) is 18.8 Å². The van der Waals surface area contributed by atoms with Crippen LogP contribution < -0.4 is 0 Å². The predicted octanol–water partition coefficient (Wildman–Crippen LogP) is 2.07. The minimum Gasteiger partial charge on any atom is -0.459 e. The van der Waals surface area contributed by atoms with Crippen molar-refractivity contribution < 1.29 is 28.5 Å². The molecule has 0 amide bonds. The molecular weight excluding hydrogens is 338 g/mol. The Balaban J connectivity index is 2.62. The minimum absolute atomic E-state index is 0.0894. The van der Waals surface area contributed by atoms with E-state index >= 15 is 0 Å². The van der Waals surface area contributed by atoms with Gasteiger partial charge >= 0.3 is 11.9 Å². The van der Waals surface area contributed by atoms with Crippen LogP contribution in [-0.2, 0) is 28.5 Å². The van der Waals surface area contributed by atoms with Gasteiger partial charge in [-0.3, -0.25) is 0 Å². The van der Waals surface area contributed by atoms with Crippen molar-refractivity contribution in [2.75, 3.05) is 52.7 Å². The Kier molecular flexibility index (Phi) is 12.2. The van der Waals surface area contributed by atoms with Gasteiger partial charge in [0.25, 0.3) is 0 Å². The third-order valence-electron chi connectivity index (χ3n) is 3.72. The highest BCUT2D eigenvalue weighted by molar-refractivity contribution is 6.14. The van der Waals surface area contributed by atoms with Gasteiger partial charge in [0.15, 0.2) is 0 Å². The van der Waals surface area contributed by atoms with Gasteiger partial charge in [0.2, 0.25) is 0 Å². The molecule has 0 aromatic rings. The Labute approximate surface area is 155 Å². The third kappa shape index (κ3) is 9.58. The molecule has 0 saturated carbocycles. The normalized spacial score (nSPS) is 14.3. The second-order valence-electron chi connectivity index (χ2n) is 5.68. The van der Waals surface area contributed by atoms with Crippen molar-refractivity contribution in [2.24, 2.45) is 0 Å². The third-order valence-corrected chi connectivity index (χ3v) is 3.72. The summed E-state index contributed by atoms with van der Waals surface area (Å²) in [5.41, 5.74) is -0.133. The molecule has 1 aliphatic heterocycles. The second kappa shape index (κ2) is 14.3. The number of rotatable bonds is 12. The lowest BCUT2D eigenvalue weighted by Crippen LogP contribution is -2.24. The monoisotopic (exact) mass is 369 g/mol. The van der Waals surface area contributed by atoms with E-state index in [1.54, 1.807) is 6.08 Å². The first-order chi connectivity index (χ1) is 12.7. The predicted molar refractivity (Wildman–Crippen MR) is 97.6 cm³/mol. The number of carbonyl (C=O) groups is 2. The van der Waals surface area contributed by atoms with E-state index in [1.807, 2.05) is 20.0 Å². The molecule has 1 saturated heterocycles. The molecule has 0 aromatic carbocycles. The molecule has 148 valence electrons. The maximum absolute atomic E-state index is 12.2. The number of nitrogens with zero attached hydrogens (tertiary/aromatic N) is 1. The van der Waals surface area contributed by atoms with Crippen LogP contribution >= 0.6 is 0 Å². The molecule has 0 atom stereocenters. The summed E-state index contributed by atoms with van der Waals surface area (Å²) in [5, 5.41) is 0. The molecule has 0 bridgehead atoms. The summed E-state index contributed by atoms with van der Waals surface area (Å²) in [5.74, 6) is -1.43. The molecule has 26 heavy (non-hydrogen) atoms. The van der Waals surface area contributed by atoms with Gasteiger partial charge in [-0.1, -0.05) is 0 Å². The minimum atomic E-state index is -0.714. The molecule has 0 aliphatic carbocycles. The molecule has 0 unspecified atom stereocenters. The number of hydrogen-bond acceptors (Lipinski definition) is 7. The Morgan fingerprint density at radius 3 is 1.88 bits per heavy atom. The zero-order valence-electron chi connectivity index (χ0n) is 15.9. The molecule has 0 radical (unpaired) electrons. The summed E-state index contributed by atoms with van der Waals surface area (Å²) >= 11 is 0. The number of allylic oxidation sites excluding steroid dienone is 2. The summed E-state index contributed by atoms with van der Waals surface area (Å²) in [4.78, 5) is 26.6. The quantitative estimate of drug-likeness (QED) is 0.130. The van der Waals surface area contributed by atoms with Crippen LogP contribution in [0.1, 0.15) is 33.1 Å². The lowest BCUT2D eigenvalue weighted by atomic mass is 10.1. The van der Waals surface area contributed by atoms with E-state index in [2.05, 4.69) is 4.90 Å². The van der Waals surface area contributed by atoms with Gasteiger partial charge in [-0.15, -0.1) is 0 Å². The molecule has 0 aromatic heterocycles. The molecule has 0 spiro atoms. The van der Waals surface area contributed by atoms with Crippen molar-refractivity contribution in [1.82, 2.24) is 4.90 Å². The molecule has 1 aliphatic rings. The standard InChI is InChI=1S/C19H31NO6/c1-3-23-13-15-25-18(21)17(19(22)26-16-14-24-4-2)9-8-12-20-10-6-5-7-11-20/h8-9,12H,3-7,10-11,13-16H2,1-2H3/b12-8+. The van der Waals surface area contributed by atoms with E-state index in [0.29, 0.717) is 26.4 Å². The van der Waals surface area contributed by atoms with E-state index in [4.69, 9.17) is 18.9 Å². The number of piperidine rings is 1. The van der Waals surface area contributed by atoms with Crippen LogP contribution in [-0.4, -0.2) is 69.6 Å². The summed E-state index contributed by atoms with van der Waals surface area (Å²) in [6, 6.07) is 0. The fourth-order valence-corrected chi connectivity index (χ4v) is 2.38. The molecule has 0 N–H and O–H groups in total. The Morgan fingerprint density at radius 1 is 0.846 bits per heavy atom. The second-order valence-corrected chi connectivity index (χ2v) is 5.68. The van der Waals surface area contributed by atoms with Crippen molar-refractivity contribution in [3.05, 3.63) is 23.9 Å². The number of likely N-dealkylation sites (tertiary alicyclic amines) is 1. The highest BCUT2D eigenvalue weighted by Crippen LogP contribution is 2.09. The summed E-state index contributed by atoms with van der Waals surface area (Å²) in [6.07, 6.45) is 8.57. The Morgan fingerprint density at radius 2 is 1.38 bits per heavy atom. The van der Waals surface area contributed by atoms with Crippen LogP contribution in [0.25, 0.3) is 0 Å². The van der Waals surface area contributed by atoms with Crippen molar-refractivity contribution in [1.29, 1.82) is 0 Å². The van der Waals surface area contributed by atoms with E-state index in [1.165, 1.54) is 12.5 Å². The van der Waals surface area contributed by atoms with Crippen molar-refractivity contribution in [3.63, 3.8) is 0 Å². The van der Waals surface area contributed by atoms with E-state index < -0.39 is 11.9 Å². The van der Waals surface area contributed by atoms with Crippen molar-refractivity contribution in [3.8, 4) is 0 Å².